The van der Waals surface area contributed by atoms with Crippen LogP contribution in [-0.2, 0) is 28.5 Å². The normalized spacial score (nSPS) is 40.2. The number of likely N-dealkylation sites (N-methyl/N-ethyl adjacent to an activating group) is 1. The molecule has 35 heavy (non-hydrogen) atoms. The lowest BCUT2D eigenvalue weighted by molar-refractivity contribution is -0.294. The van der Waals surface area contributed by atoms with E-state index < -0.39 is 36.0 Å². The third-order valence-electron chi connectivity index (χ3n) is 7.37. The average molecular weight is 501 g/mol. The molecule has 2 rings (SSSR count). The largest absolute Gasteiger partial charge is 0.465 e. The molecule has 0 aromatic rings. The number of methoxy groups -OCH3 is 1. The molecule has 0 aromatic heterocycles. The van der Waals surface area contributed by atoms with Crippen molar-refractivity contribution in [3.8, 4) is 0 Å². The number of ketones is 1. The summed E-state index contributed by atoms with van der Waals surface area (Å²) in [5.41, 5.74) is -0.849. The molecule has 0 radical (unpaired) electrons. The van der Waals surface area contributed by atoms with Gasteiger partial charge in [0.25, 0.3) is 0 Å². The van der Waals surface area contributed by atoms with Gasteiger partial charge < -0.3 is 34.3 Å². The van der Waals surface area contributed by atoms with Crippen molar-refractivity contribution in [1.29, 1.82) is 0 Å². The van der Waals surface area contributed by atoms with Gasteiger partial charge in [-0.3, -0.25) is 9.59 Å². The van der Waals surface area contributed by atoms with E-state index in [4.69, 9.17) is 18.9 Å². The van der Waals surface area contributed by atoms with E-state index in [0.717, 1.165) is 32.6 Å². The molecule has 2 fully saturated rings. The van der Waals surface area contributed by atoms with Crippen LogP contribution >= 0.6 is 0 Å². The Morgan fingerprint density at radius 2 is 1.89 bits per heavy atom. The summed E-state index contributed by atoms with van der Waals surface area (Å²) in [4.78, 5) is 27.8. The standard InChI is InChI=1S/C26H48N2O7/c1-17-15-26(5,32-7)24(35-25-23(31)18(2)13-19(3)34-25)20(4)21(29)14-22(30)33-12-8-9-27-10-11-28(6)16-17/h17-20,23-25,27,31H,8-16H2,1-7H3/t17-,18+,19-,20+,23-,24-,25+,26-/m1/s1. The van der Waals surface area contributed by atoms with E-state index in [1.807, 2.05) is 20.8 Å². The van der Waals surface area contributed by atoms with Gasteiger partial charge in [-0.15, -0.1) is 0 Å². The highest BCUT2D eigenvalue weighted by Gasteiger charge is 2.46. The van der Waals surface area contributed by atoms with E-state index in [2.05, 4.69) is 24.2 Å². The average Bonchev–Trinajstić information content (AvgIpc) is 2.78. The van der Waals surface area contributed by atoms with Crippen LogP contribution in [0, 0.1) is 17.8 Å². The molecule has 204 valence electrons. The van der Waals surface area contributed by atoms with Crippen molar-refractivity contribution in [3.63, 3.8) is 0 Å². The van der Waals surface area contributed by atoms with Gasteiger partial charge in [-0.05, 0) is 58.5 Å². The minimum Gasteiger partial charge on any atom is -0.465 e. The van der Waals surface area contributed by atoms with Crippen molar-refractivity contribution in [2.75, 3.05) is 46.9 Å². The zero-order valence-corrected chi connectivity index (χ0v) is 22.7. The van der Waals surface area contributed by atoms with Crippen LogP contribution in [0.25, 0.3) is 0 Å². The lowest BCUT2D eigenvalue weighted by Crippen LogP contribution is -2.55. The van der Waals surface area contributed by atoms with E-state index in [1.165, 1.54) is 0 Å². The van der Waals surface area contributed by atoms with Gasteiger partial charge in [-0.1, -0.05) is 20.8 Å². The summed E-state index contributed by atoms with van der Waals surface area (Å²) in [5.74, 6) is -1.24. The van der Waals surface area contributed by atoms with Gasteiger partial charge in [-0.25, -0.2) is 0 Å². The number of esters is 1. The molecule has 2 heterocycles. The maximum Gasteiger partial charge on any atom is 0.313 e. The molecule has 0 saturated carbocycles. The summed E-state index contributed by atoms with van der Waals surface area (Å²) >= 11 is 0. The Hall–Kier alpha value is -1.10. The van der Waals surface area contributed by atoms with Crippen molar-refractivity contribution in [3.05, 3.63) is 0 Å². The maximum absolute atomic E-state index is 13.2. The number of nitrogens with one attached hydrogen (secondary N) is 1. The zero-order valence-electron chi connectivity index (χ0n) is 22.7. The van der Waals surface area contributed by atoms with E-state index in [0.29, 0.717) is 12.8 Å². The fraction of sp³-hybridized carbons (Fsp3) is 0.923. The van der Waals surface area contributed by atoms with Crippen LogP contribution in [0.4, 0.5) is 0 Å². The Morgan fingerprint density at radius 1 is 1.17 bits per heavy atom. The number of nitrogens with zero attached hydrogens (tertiary/aromatic N) is 1. The summed E-state index contributed by atoms with van der Waals surface area (Å²) < 4.78 is 23.7. The minimum atomic E-state index is -0.881. The summed E-state index contributed by atoms with van der Waals surface area (Å²) in [6.07, 6.45) is -0.787. The number of rotatable bonds is 3. The molecule has 2 N–H and O–H groups in total. The van der Waals surface area contributed by atoms with Crippen molar-refractivity contribution in [2.24, 2.45) is 17.8 Å². The third-order valence-corrected chi connectivity index (χ3v) is 7.37. The molecule has 0 aromatic carbocycles. The molecule has 2 aliphatic rings. The first kappa shape index (κ1) is 30.1. The molecule has 2 saturated heterocycles. The SMILES string of the molecule is CO[C@]1(C)C[C@@H](C)CN(C)CCNCCCOC(=O)CC(=O)[C@H](C)[C@H]1O[C@@H]1O[C@H](C)C[C@H](C)[C@H]1O. The zero-order chi connectivity index (χ0) is 26.2. The molecule has 9 heteroatoms. The van der Waals surface area contributed by atoms with Gasteiger partial charge in [0.2, 0.25) is 0 Å². The number of ether oxygens (including phenoxy) is 4. The molecule has 0 amide bonds. The Bertz CT molecular complexity index is 678. The van der Waals surface area contributed by atoms with E-state index in [-0.39, 0.29) is 36.8 Å². The highest BCUT2D eigenvalue weighted by molar-refractivity contribution is 5.97. The first-order chi connectivity index (χ1) is 16.5. The summed E-state index contributed by atoms with van der Waals surface area (Å²) in [6.45, 7) is 13.4. The van der Waals surface area contributed by atoms with Crippen LogP contribution in [0.1, 0.15) is 60.3 Å². The van der Waals surface area contributed by atoms with Gasteiger partial charge >= 0.3 is 5.97 Å². The predicted molar refractivity (Wildman–Crippen MR) is 133 cm³/mol. The van der Waals surface area contributed by atoms with Gasteiger partial charge in [0.1, 0.15) is 18.3 Å². The predicted octanol–water partition coefficient (Wildman–Crippen LogP) is 2.00. The number of aliphatic hydroxyl groups excluding tert-OH is 1. The topological polar surface area (TPSA) is 107 Å². The van der Waals surface area contributed by atoms with Gasteiger partial charge in [0.05, 0.1) is 24.4 Å². The van der Waals surface area contributed by atoms with Crippen LogP contribution in [0.15, 0.2) is 0 Å². The Balaban J connectivity index is 2.32. The second-order valence-corrected chi connectivity index (χ2v) is 10.9. The van der Waals surface area contributed by atoms with Gasteiger partial charge in [0.15, 0.2) is 6.29 Å². The van der Waals surface area contributed by atoms with Crippen LogP contribution in [0.3, 0.4) is 0 Å². The molecule has 0 spiro atoms. The van der Waals surface area contributed by atoms with Gasteiger partial charge in [-0.2, -0.15) is 0 Å². The van der Waals surface area contributed by atoms with Crippen LogP contribution in [0.2, 0.25) is 0 Å². The first-order valence-electron chi connectivity index (χ1n) is 13.1. The second-order valence-electron chi connectivity index (χ2n) is 10.9. The summed E-state index contributed by atoms with van der Waals surface area (Å²) in [5, 5.41) is 14.2. The quantitative estimate of drug-likeness (QED) is 0.444. The lowest BCUT2D eigenvalue weighted by atomic mass is 9.80. The smallest absolute Gasteiger partial charge is 0.313 e. The maximum atomic E-state index is 13.2. The van der Waals surface area contributed by atoms with E-state index in [9.17, 15) is 14.7 Å². The summed E-state index contributed by atoms with van der Waals surface area (Å²) in [6, 6.07) is 0. The number of carbonyl (C=O) groups excluding carboxylic acids is 2. The minimum absolute atomic E-state index is 0.00477. The Morgan fingerprint density at radius 3 is 2.57 bits per heavy atom. The number of hydrogen-bond acceptors (Lipinski definition) is 9. The van der Waals surface area contributed by atoms with Crippen molar-refractivity contribution in [2.45, 2.75) is 90.5 Å². The van der Waals surface area contributed by atoms with Crippen LogP contribution in [-0.4, -0.2) is 98.9 Å². The van der Waals surface area contributed by atoms with Crippen molar-refractivity contribution in [1.82, 2.24) is 10.2 Å². The lowest BCUT2D eigenvalue weighted by Gasteiger charge is -2.45. The Labute approximate surface area is 211 Å². The van der Waals surface area contributed by atoms with Crippen LogP contribution in [0.5, 0.6) is 0 Å². The highest BCUT2D eigenvalue weighted by Crippen LogP contribution is 2.36. The van der Waals surface area contributed by atoms with Crippen LogP contribution < -0.4 is 5.32 Å². The number of carbonyl (C=O) groups is 2. The van der Waals surface area contributed by atoms with Gasteiger partial charge in [0, 0.05) is 32.7 Å². The van der Waals surface area contributed by atoms with Crippen molar-refractivity contribution < 1.29 is 33.6 Å². The second kappa shape index (κ2) is 14.0. The number of aliphatic hydroxyl groups is 1. The fourth-order valence-corrected chi connectivity index (χ4v) is 5.34. The van der Waals surface area contributed by atoms with E-state index in [1.54, 1.807) is 14.0 Å². The molecular weight excluding hydrogens is 452 g/mol. The molecule has 9 nitrogen and oxygen atoms in total. The van der Waals surface area contributed by atoms with Crippen molar-refractivity contribution >= 4 is 11.8 Å². The molecule has 2 aliphatic heterocycles. The highest BCUT2D eigenvalue weighted by atomic mass is 16.7. The number of hydrogen-bond donors (Lipinski definition) is 2. The Kier molecular flexibility index (Phi) is 12.1. The molecular formula is C26H48N2O7. The molecule has 0 aliphatic carbocycles. The third kappa shape index (κ3) is 9.05. The number of cyclic esters (lactones) is 1. The molecule has 0 unspecified atom stereocenters. The molecule has 8 atom stereocenters. The fourth-order valence-electron chi connectivity index (χ4n) is 5.34. The molecule has 0 bridgehead atoms. The number of Topliss-reactive ketones (excluding diaryl/α,β-unsaturated/α-hetero) is 1. The first-order valence-corrected chi connectivity index (χ1v) is 13.1. The van der Waals surface area contributed by atoms with E-state index >= 15 is 0 Å². The monoisotopic (exact) mass is 500 g/mol. The summed E-state index contributed by atoms with van der Waals surface area (Å²) in [7, 11) is 3.71.